The van der Waals surface area contributed by atoms with Crippen molar-refractivity contribution in [1.29, 1.82) is 0 Å². The molecule has 0 spiro atoms. The molecule has 0 bridgehead atoms. The maximum absolute atomic E-state index is 13.0. The zero-order chi connectivity index (χ0) is 28.3. The number of carbonyl (C=O) groups excluding carboxylic acids is 1. The molecule has 5 rings (SSSR count). The molecule has 2 N–H and O–H groups in total. The molecular formula is C28H23F3N4O4S. The van der Waals surface area contributed by atoms with Crippen molar-refractivity contribution in [3.63, 3.8) is 0 Å². The number of nitrogens with one attached hydrogen (secondary N) is 1. The van der Waals surface area contributed by atoms with Crippen LogP contribution in [-0.2, 0) is 11.0 Å². The van der Waals surface area contributed by atoms with Crippen molar-refractivity contribution in [2.75, 3.05) is 18.4 Å². The number of piperidine rings is 1. The number of nitrogens with zero attached hydrogens (tertiary/aromatic N) is 3. The number of likely N-dealkylation sites (tertiary alicyclic amines) is 1. The number of benzene rings is 3. The molecule has 0 radical (unpaired) electrons. The van der Waals surface area contributed by atoms with Crippen LogP contribution in [0.4, 0.5) is 24.0 Å². The summed E-state index contributed by atoms with van der Waals surface area (Å²) in [5.41, 5.74) is 0.983. The number of hydrogen-bond donors (Lipinski definition) is 2. The van der Waals surface area contributed by atoms with Crippen LogP contribution in [-0.4, -0.2) is 45.2 Å². The molecule has 1 fully saturated rings. The number of rotatable bonds is 7. The van der Waals surface area contributed by atoms with Crippen molar-refractivity contribution in [2.45, 2.75) is 19.0 Å². The van der Waals surface area contributed by atoms with Crippen molar-refractivity contribution in [3.05, 3.63) is 83.9 Å². The number of carboxylic acids is 1. The fraction of sp³-hybridized carbons (Fsp3) is 0.214. The van der Waals surface area contributed by atoms with Crippen molar-refractivity contribution in [2.24, 2.45) is 5.92 Å². The van der Waals surface area contributed by atoms with E-state index in [9.17, 15) is 27.9 Å². The molecule has 4 aromatic rings. The van der Waals surface area contributed by atoms with Crippen LogP contribution in [0.25, 0.3) is 10.6 Å². The third-order valence-electron chi connectivity index (χ3n) is 6.40. The summed E-state index contributed by atoms with van der Waals surface area (Å²) in [5.74, 6) is -1.00. The molecule has 8 nitrogen and oxygen atoms in total. The van der Waals surface area contributed by atoms with Crippen LogP contribution in [0.1, 0.15) is 28.8 Å². The second kappa shape index (κ2) is 11.3. The van der Waals surface area contributed by atoms with E-state index in [1.54, 1.807) is 53.4 Å². The Labute approximate surface area is 231 Å². The molecule has 1 aliphatic rings. The Morgan fingerprint density at radius 3 is 2.38 bits per heavy atom. The molecule has 12 heteroatoms. The van der Waals surface area contributed by atoms with Crippen LogP contribution in [0.2, 0.25) is 0 Å². The Morgan fingerprint density at radius 1 is 0.950 bits per heavy atom. The lowest BCUT2D eigenvalue weighted by molar-refractivity contribution is -0.143. The highest BCUT2D eigenvalue weighted by Crippen LogP contribution is 2.35. The minimum Gasteiger partial charge on any atom is -0.481 e. The normalized spacial score (nSPS) is 14.1. The Morgan fingerprint density at radius 2 is 1.65 bits per heavy atom. The third-order valence-corrected chi connectivity index (χ3v) is 7.28. The van der Waals surface area contributed by atoms with Gasteiger partial charge in [0.15, 0.2) is 0 Å². The van der Waals surface area contributed by atoms with Gasteiger partial charge in [-0.15, -0.1) is 10.2 Å². The van der Waals surface area contributed by atoms with E-state index in [1.807, 2.05) is 0 Å². The number of alkyl halides is 3. The van der Waals surface area contributed by atoms with Gasteiger partial charge in [0, 0.05) is 29.9 Å². The second-order valence-corrected chi connectivity index (χ2v) is 10.2. The highest BCUT2D eigenvalue weighted by molar-refractivity contribution is 7.18. The van der Waals surface area contributed by atoms with E-state index in [1.165, 1.54) is 23.5 Å². The lowest BCUT2D eigenvalue weighted by Gasteiger charge is -2.30. The molecule has 0 saturated carbocycles. The SMILES string of the molecule is O=C(O)C1CCN(C(=O)c2cccc(Nc3nnc(-c4cccc(Oc5cccc(C(F)(F)F)c5)c4)s3)c2)CC1. The molecule has 1 aliphatic heterocycles. The van der Waals surface area contributed by atoms with Crippen LogP contribution >= 0.6 is 11.3 Å². The number of aromatic nitrogens is 2. The number of ether oxygens (including phenoxy) is 1. The first-order chi connectivity index (χ1) is 19.2. The van der Waals surface area contributed by atoms with Crippen LogP contribution in [0.5, 0.6) is 11.5 Å². The molecule has 2 heterocycles. The molecule has 1 aromatic heterocycles. The van der Waals surface area contributed by atoms with E-state index in [-0.39, 0.29) is 11.7 Å². The predicted octanol–water partition coefficient (Wildman–Crippen LogP) is 6.70. The Balaban J connectivity index is 1.25. The molecule has 1 saturated heterocycles. The minimum absolute atomic E-state index is 0.0623. The molecule has 0 unspecified atom stereocenters. The topological polar surface area (TPSA) is 105 Å². The van der Waals surface area contributed by atoms with Gasteiger partial charge in [0.1, 0.15) is 16.5 Å². The molecular weight excluding hydrogens is 545 g/mol. The molecule has 1 amide bonds. The quantitative estimate of drug-likeness (QED) is 0.256. The van der Waals surface area contributed by atoms with Gasteiger partial charge in [0.05, 0.1) is 11.5 Å². The smallest absolute Gasteiger partial charge is 0.416 e. The first kappa shape index (κ1) is 27.1. The summed E-state index contributed by atoms with van der Waals surface area (Å²) in [4.78, 5) is 25.8. The molecule has 3 aromatic carbocycles. The zero-order valence-corrected chi connectivity index (χ0v) is 21.7. The van der Waals surface area contributed by atoms with E-state index >= 15 is 0 Å². The van der Waals surface area contributed by atoms with E-state index in [0.717, 1.165) is 12.1 Å². The zero-order valence-electron chi connectivity index (χ0n) is 20.9. The first-order valence-electron chi connectivity index (χ1n) is 12.3. The average molecular weight is 569 g/mol. The van der Waals surface area contributed by atoms with Gasteiger partial charge in [-0.2, -0.15) is 13.2 Å². The maximum atomic E-state index is 13.0. The highest BCUT2D eigenvalue weighted by atomic mass is 32.1. The van der Waals surface area contributed by atoms with Crippen LogP contribution in [0.3, 0.4) is 0 Å². The average Bonchev–Trinajstić information content (AvgIpc) is 3.41. The van der Waals surface area contributed by atoms with Gasteiger partial charge in [0.25, 0.3) is 5.91 Å². The summed E-state index contributed by atoms with van der Waals surface area (Å²) < 4.78 is 44.7. The van der Waals surface area contributed by atoms with E-state index in [0.29, 0.717) is 58.6 Å². The standard InChI is InChI=1S/C28H23F3N4O4S/c29-28(30,31)20-6-3-9-23(16-20)39-22-8-2-4-18(15-22)24-33-34-27(40-24)32-21-7-1-5-19(14-21)25(36)35-12-10-17(11-13-35)26(37)38/h1-9,14-17H,10-13H2,(H,32,34)(H,37,38). The molecule has 206 valence electrons. The van der Waals surface area contributed by atoms with Gasteiger partial charge in [-0.1, -0.05) is 35.6 Å². The molecule has 0 aliphatic carbocycles. The lowest BCUT2D eigenvalue weighted by atomic mass is 9.96. The van der Waals surface area contributed by atoms with Crippen LogP contribution in [0.15, 0.2) is 72.8 Å². The minimum atomic E-state index is -4.47. The van der Waals surface area contributed by atoms with Gasteiger partial charge >= 0.3 is 12.1 Å². The molecule has 40 heavy (non-hydrogen) atoms. The van der Waals surface area contributed by atoms with Gasteiger partial charge in [-0.05, 0) is 61.4 Å². The Bertz CT molecular complexity index is 1530. The van der Waals surface area contributed by atoms with Crippen molar-refractivity contribution in [3.8, 4) is 22.1 Å². The van der Waals surface area contributed by atoms with E-state index < -0.39 is 23.6 Å². The van der Waals surface area contributed by atoms with E-state index in [4.69, 9.17) is 4.74 Å². The largest absolute Gasteiger partial charge is 0.481 e. The number of halogens is 3. The van der Waals surface area contributed by atoms with Crippen molar-refractivity contribution >= 4 is 34.0 Å². The van der Waals surface area contributed by atoms with Crippen LogP contribution < -0.4 is 10.1 Å². The first-order valence-corrected chi connectivity index (χ1v) is 13.2. The lowest BCUT2D eigenvalue weighted by Crippen LogP contribution is -2.40. The Hall–Kier alpha value is -4.45. The number of hydrogen-bond acceptors (Lipinski definition) is 7. The van der Waals surface area contributed by atoms with Gasteiger partial charge in [-0.3, -0.25) is 9.59 Å². The van der Waals surface area contributed by atoms with Gasteiger partial charge in [0.2, 0.25) is 5.13 Å². The van der Waals surface area contributed by atoms with Gasteiger partial charge < -0.3 is 20.1 Å². The summed E-state index contributed by atoms with van der Waals surface area (Å²) >= 11 is 1.26. The van der Waals surface area contributed by atoms with Crippen LogP contribution in [0, 0.1) is 5.92 Å². The number of anilines is 2. The number of carboxylic acid groups (broad SMARTS) is 1. The maximum Gasteiger partial charge on any atom is 0.416 e. The second-order valence-electron chi connectivity index (χ2n) is 9.18. The summed E-state index contributed by atoms with van der Waals surface area (Å²) in [5, 5.41) is 21.7. The summed E-state index contributed by atoms with van der Waals surface area (Å²) in [6, 6.07) is 18.4. The highest BCUT2D eigenvalue weighted by Gasteiger charge is 2.31. The summed E-state index contributed by atoms with van der Waals surface area (Å²) in [7, 11) is 0. The fourth-order valence-corrected chi connectivity index (χ4v) is 5.08. The summed E-state index contributed by atoms with van der Waals surface area (Å²) in [6.07, 6.45) is -3.61. The van der Waals surface area contributed by atoms with Crippen molar-refractivity contribution in [1.82, 2.24) is 15.1 Å². The molecule has 0 atom stereocenters. The van der Waals surface area contributed by atoms with E-state index in [2.05, 4.69) is 15.5 Å². The number of amides is 1. The predicted molar refractivity (Wildman–Crippen MR) is 143 cm³/mol. The Kier molecular flexibility index (Phi) is 7.69. The monoisotopic (exact) mass is 568 g/mol. The number of aliphatic carboxylic acids is 1. The third kappa shape index (κ3) is 6.40. The summed E-state index contributed by atoms with van der Waals surface area (Å²) in [6.45, 7) is 0.785. The fourth-order valence-electron chi connectivity index (χ4n) is 4.32. The van der Waals surface area contributed by atoms with Crippen molar-refractivity contribution < 1.29 is 32.6 Å². The van der Waals surface area contributed by atoms with Gasteiger partial charge in [-0.25, -0.2) is 0 Å². The number of carbonyl (C=O) groups is 2.